The van der Waals surface area contributed by atoms with Crippen LogP contribution < -0.4 is 4.74 Å². The van der Waals surface area contributed by atoms with Crippen molar-refractivity contribution in [1.82, 2.24) is 0 Å². The molecule has 1 rings (SSSR count). The Hall–Kier alpha value is -1.77. The van der Waals surface area contributed by atoms with Crippen LogP contribution in [0, 0.1) is 6.92 Å². The number of hydrogen-bond donors (Lipinski definition) is 0. The Labute approximate surface area is 95.7 Å². The van der Waals surface area contributed by atoms with Gasteiger partial charge in [-0.3, -0.25) is 0 Å². The molecule has 3 heteroatoms. The van der Waals surface area contributed by atoms with Crippen molar-refractivity contribution in [3.8, 4) is 5.75 Å². The van der Waals surface area contributed by atoms with E-state index in [0.717, 1.165) is 5.75 Å². The van der Waals surface area contributed by atoms with Crippen LogP contribution in [0.15, 0.2) is 36.4 Å². The molecule has 0 aromatic heterocycles. The summed E-state index contributed by atoms with van der Waals surface area (Å²) in [7, 11) is 0. The highest BCUT2D eigenvalue weighted by atomic mass is 16.6. The predicted molar refractivity (Wildman–Crippen MR) is 62.4 cm³/mol. The zero-order valence-electron chi connectivity index (χ0n) is 9.60. The molecule has 0 unspecified atom stereocenters. The van der Waals surface area contributed by atoms with Crippen LogP contribution in [0.4, 0.5) is 0 Å². The van der Waals surface area contributed by atoms with Gasteiger partial charge in [0.05, 0.1) is 0 Å². The first kappa shape index (κ1) is 12.3. The maximum atomic E-state index is 10.9. The van der Waals surface area contributed by atoms with E-state index >= 15 is 0 Å². The fourth-order valence-corrected chi connectivity index (χ4v) is 1.12. The van der Waals surface area contributed by atoms with Gasteiger partial charge in [-0.25, -0.2) is 4.79 Å². The van der Waals surface area contributed by atoms with Gasteiger partial charge in [0.15, 0.2) is 0 Å². The number of esters is 1. The highest BCUT2D eigenvalue weighted by Gasteiger charge is 1.96. The molecule has 0 saturated heterocycles. The maximum absolute atomic E-state index is 10.9. The van der Waals surface area contributed by atoms with E-state index in [1.165, 1.54) is 11.6 Å². The molecular formula is C13H16O3. The number of benzene rings is 1. The third-order valence-electron chi connectivity index (χ3n) is 1.92. The molecule has 0 aliphatic rings. The van der Waals surface area contributed by atoms with Gasteiger partial charge in [0.25, 0.3) is 0 Å². The molecule has 0 radical (unpaired) electrons. The minimum Gasteiger partial charge on any atom is -0.490 e. The van der Waals surface area contributed by atoms with E-state index < -0.39 is 0 Å². The summed E-state index contributed by atoms with van der Waals surface area (Å²) in [5.41, 5.74) is 1.19. The Morgan fingerprint density at radius 2 is 1.94 bits per heavy atom. The van der Waals surface area contributed by atoms with E-state index in [1.54, 1.807) is 13.0 Å². The standard InChI is InChI=1S/C13H16O3/c1-3-4-13(14)16-10-9-15-12-7-5-11(2)6-8-12/h3-8H,9-10H2,1-2H3. The maximum Gasteiger partial charge on any atom is 0.330 e. The number of rotatable bonds is 5. The quantitative estimate of drug-likeness (QED) is 0.434. The van der Waals surface area contributed by atoms with Crippen LogP contribution >= 0.6 is 0 Å². The van der Waals surface area contributed by atoms with Gasteiger partial charge in [-0.15, -0.1) is 0 Å². The fraction of sp³-hybridized carbons (Fsp3) is 0.308. The van der Waals surface area contributed by atoms with E-state index in [1.807, 2.05) is 31.2 Å². The van der Waals surface area contributed by atoms with Gasteiger partial charge in [-0.1, -0.05) is 23.8 Å². The first-order valence-corrected chi connectivity index (χ1v) is 5.21. The van der Waals surface area contributed by atoms with Crippen molar-refractivity contribution >= 4 is 5.97 Å². The largest absolute Gasteiger partial charge is 0.490 e. The molecule has 0 N–H and O–H groups in total. The highest BCUT2D eigenvalue weighted by Crippen LogP contribution is 2.10. The van der Waals surface area contributed by atoms with E-state index in [9.17, 15) is 4.79 Å². The smallest absolute Gasteiger partial charge is 0.330 e. The third-order valence-corrected chi connectivity index (χ3v) is 1.92. The van der Waals surface area contributed by atoms with Crippen molar-refractivity contribution < 1.29 is 14.3 Å². The normalized spacial score (nSPS) is 10.4. The molecule has 0 aliphatic heterocycles. The first-order chi connectivity index (χ1) is 7.72. The Morgan fingerprint density at radius 3 is 2.56 bits per heavy atom. The lowest BCUT2D eigenvalue weighted by molar-refractivity contribution is -0.138. The summed E-state index contributed by atoms with van der Waals surface area (Å²) in [6, 6.07) is 7.73. The van der Waals surface area contributed by atoms with E-state index in [-0.39, 0.29) is 12.6 Å². The molecule has 1 aromatic carbocycles. The van der Waals surface area contributed by atoms with E-state index in [2.05, 4.69) is 0 Å². The molecule has 0 spiro atoms. The lowest BCUT2D eigenvalue weighted by Gasteiger charge is -2.06. The summed E-state index contributed by atoms with van der Waals surface area (Å²) in [6.45, 7) is 4.41. The topological polar surface area (TPSA) is 35.5 Å². The molecule has 1 aromatic rings. The van der Waals surface area contributed by atoms with Gasteiger partial charge in [0.1, 0.15) is 19.0 Å². The van der Waals surface area contributed by atoms with E-state index in [0.29, 0.717) is 6.61 Å². The van der Waals surface area contributed by atoms with Gasteiger partial charge < -0.3 is 9.47 Å². The van der Waals surface area contributed by atoms with Gasteiger partial charge in [0, 0.05) is 6.08 Å². The number of carbonyl (C=O) groups is 1. The Kier molecular flexibility index (Phi) is 5.12. The van der Waals surface area contributed by atoms with Crippen molar-refractivity contribution in [3.63, 3.8) is 0 Å². The summed E-state index contributed by atoms with van der Waals surface area (Å²) in [6.07, 6.45) is 3.02. The monoisotopic (exact) mass is 220 g/mol. The molecule has 0 bridgehead atoms. The fourth-order valence-electron chi connectivity index (χ4n) is 1.12. The zero-order valence-corrected chi connectivity index (χ0v) is 9.60. The summed E-state index contributed by atoms with van der Waals surface area (Å²) in [5, 5.41) is 0. The lowest BCUT2D eigenvalue weighted by atomic mass is 10.2. The van der Waals surface area contributed by atoms with Crippen molar-refractivity contribution in [2.24, 2.45) is 0 Å². The molecule has 3 nitrogen and oxygen atoms in total. The van der Waals surface area contributed by atoms with Crippen molar-refractivity contribution in [2.45, 2.75) is 13.8 Å². The number of allylic oxidation sites excluding steroid dienone is 1. The zero-order chi connectivity index (χ0) is 11.8. The second kappa shape index (κ2) is 6.67. The van der Waals surface area contributed by atoms with Gasteiger partial charge in [-0.2, -0.15) is 0 Å². The molecule has 0 atom stereocenters. The molecule has 0 amide bonds. The second-order valence-electron chi connectivity index (χ2n) is 3.33. The second-order valence-corrected chi connectivity index (χ2v) is 3.33. The van der Waals surface area contributed by atoms with Crippen LogP contribution in [0.25, 0.3) is 0 Å². The van der Waals surface area contributed by atoms with Crippen LogP contribution in [0.1, 0.15) is 12.5 Å². The minimum absolute atomic E-state index is 0.261. The molecule has 0 aliphatic carbocycles. The first-order valence-electron chi connectivity index (χ1n) is 5.21. The van der Waals surface area contributed by atoms with Gasteiger partial charge >= 0.3 is 5.97 Å². The van der Waals surface area contributed by atoms with Gasteiger partial charge in [0.2, 0.25) is 0 Å². The molecule has 0 saturated carbocycles. The molecular weight excluding hydrogens is 204 g/mol. The summed E-state index contributed by atoms with van der Waals surface area (Å²) in [5.74, 6) is 0.447. The number of aryl methyl sites for hydroxylation is 1. The van der Waals surface area contributed by atoms with Crippen LogP contribution in [-0.2, 0) is 9.53 Å². The lowest BCUT2D eigenvalue weighted by Crippen LogP contribution is -2.10. The molecule has 0 heterocycles. The van der Waals surface area contributed by atoms with Crippen molar-refractivity contribution in [2.75, 3.05) is 13.2 Å². The van der Waals surface area contributed by atoms with Crippen molar-refractivity contribution in [3.05, 3.63) is 42.0 Å². The van der Waals surface area contributed by atoms with Gasteiger partial charge in [-0.05, 0) is 26.0 Å². The van der Waals surface area contributed by atoms with Crippen LogP contribution in [-0.4, -0.2) is 19.2 Å². The number of ether oxygens (including phenoxy) is 2. The average Bonchev–Trinajstić information content (AvgIpc) is 2.27. The summed E-state index contributed by atoms with van der Waals surface area (Å²) < 4.78 is 10.3. The molecule has 86 valence electrons. The van der Waals surface area contributed by atoms with E-state index in [4.69, 9.17) is 9.47 Å². The Balaban J connectivity index is 2.21. The average molecular weight is 220 g/mol. The number of carbonyl (C=O) groups excluding carboxylic acids is 1. The van der Waals surface area contributed by atoms with Crippen LogP contribution in [0.3, 0.4) is 0 Å². The summed E-state index contributed by atoms with van der Waals surface area (Å²) >= 11 is 0. The SMILES string of the molecule is CC=CC(=O)OCCOc1ccc(C)cc1. The predicted octanol–water partition coefficient (Wildman–Crippen LogP) is 2.49. The number of hydrogen-bond acceptors (Lipinski definition) is 3. The van der Waals surface area contributed by atoms with Crippen LogP contribution in [0.2, 0.25) is 0 Å². The molecule has 16 heavy (non-hydrogen) atoms. The highest BCUT2D eigenvalue weighted by molar-refractivity contribution is 5.81. The summed E-state index contributed by atoms with van der Waals surface area (Å²) in [4.78, 5) is 10.9. The third kappa shape index (κ3) is 4.64. The van der Waals surface area contributed by atoms with Crippen molar-refractivity contribution in [1.29, 1.82) is 0 Å². The van der Waals surface area contributed by atoms with Crippen LogP contribution in [0.5, 0.6) is 5.75 Å². The Morgan fingerprint density at radius 1 is 1.25 bits per heavy atom. The molecule has 0 fully saturated rings. The Bertz CT molecular complexity index is 352. The minimum atomic E-state index is -0.338.